The summed E-state index contributed by atoms with van der Waals surface area (Å²) in [5.74, 6) is -0.155. The van der Waals surface area contributed by atoms with E-state index in [-0.39, 0.29) is 17.9 Å². The van der Waals surface area contributed by atoms with Crippen molar-refractivity contribution in [2.45, 2.75) is 32.7 Å². The first kappa shape index (κ1) is 20.3. The fourth-order valence-corrected chi connectivity index (χ4v) is 3.86. The van der Waals surface area contributed by atoms with Crippen LogP contribution in [0.4, 0.5) is 0 Å². The highest BCUT2D eigenvalue weighted by Gasteiger charge is 2.25. The summed E-state index contributed by atoms with van der Waals surface area (Å²) in [5, 5.41) is 3.58. The van der Waals surface area contributed by atoms with Gasteiger partial charge in [-0.3, -0.25) is 9.59 Å². The average molecular weight is 423 g/mol. The molecular formula is C23H23ClN4O2. The summed E-state index contributed by atoms with van der Waals surface area (Å²) in [6, 6.07) is 12.4. The molecular weight excluding hydrogens is 400 g/mol. The van der Waals surface area contributed by atoms with Crippen LogP contribution in [-0.4, -0.2) is 45.8 Å². The number of hydrogen-bond acceptors (Lipinski definition) is 4. The van der Waals surface area contributed by atoms with Crippen LogP contribution in [0, 0.1) is 13.8 Å². The molecule has 1 saturated heterocycles. The van der Waals surface area contributed by atoms with Crippen molar-refractivity contribution in [1.29, 1.82) is 0 Å². The Morgan fingerprint density at radius 1 is 0.967 bits per heavy atom. The third-order valence-corrected chi connectivity index (χ3v) is 5.76. The van der Waals surface area contributed by atoms with E-state index in [1.807, 2.05) is 30.9 Å². The Hall–Kier alpha value is -2.99. The highest BCUT2D eigenvalue weighted by atomic mass is 35.5. The molecule has 1 fully saturated rings. The highest BCUT2D eigenvalue weighted by Crippen LogP contribution is 2.19. The first-order valence-electron chi connectivity index (χ1n) is 10.0. The SMILES string of the molecule is Cc1nc2ccc(C(=O)N3CCC(NC(=O)c4cccc(Cl)c4)CC3)cc2nc1C. The molecule has 1 aromatic heterocycles. The molecule has 154 valence electrons. The zero-order valence-corrected chi connectivity index (χ0v) is 17.7. The minimum atomic E-state index is -0.138. The first-order valence-corrected chi connectivity index (χ1v) is 10.4. The molecule has 30 heavy (non-hydrogen) atoms. The van der Waals surface area contributed by atoms with E-state index >= 15 is 0 Å². The fourth-order valence-electron chi connectivity index (χ4n) is 3.67. The van der Waals surface area contributed by atoms with E-state index in [9.17, 15) is 9.59 Å². The summed E-state index contributed by atoms with van der Waals surface area (Å²) >= 11 is 5.96. The van der Waals surface area contributed by atoms with E-state index in [0.717, 1.165) is 22.4 Å². The molecule has 1 aliphatic heterocycles. The Bertz CT molecular complexity index is 1120. The van der Waals surface area contributed by atoms with Crippen LogP contribution in [0.5, 0.6) is 0 Å². The number of benzene rings is 2. The molecule has 1 aliphatic rings. The van der Waals surface area contributed by atoms with Gasteiger partial charge < -0.3 is 10.2 Å². The predicted molar refractivity (Wildman–Crippen MR) is 117 cm³/mol. The lowest BCUT2D eigenvalue weighted by molar-refractivity contribution is 0.0698. The van der Waals surface area contributed by atoms with Crippen molar-refractivity contribution >= 4 is 34.4 Å². The summed E-state index contributed by atoms with van der Waals surface area (Å²) in [5.41, 5.74) is 4.43. The van der Waals surface area contributed by atoms with E-state index in [1.54, 1.807) is 30.3 Å². The third kappa shape index (κ3) is 4.28. The standard InChI is InChI=1S/C23H23ClN4O2/c1-14-15(2)26-21-13-17(6-7-20(21)25-14)23(30)28-10-8-19(9-11-28)27-22(29)16-4-3-5-18(24)12-16/h3-7,12-13,19H,8-11H2,1-2H3,(H,27,29). The lowest BCUT2D eigenvalue weighted by Gasteiger charge is -2.32. The Morgan fingerprint density at radius 3 is 2.37 bits per heavy atom. The van der Waals surface area contributed by atoms with Crippen LogP contribution in [0.15, 0.2) is 42.5 Å². The number of aryl methyl sites for hydroxylation is 2. The fraction of sp³-hybridized carbons (Fsp3) is 0.304. The quantitative estimate of drug-likeness (QED) is 0.693. The number of rotatable bonds is 3. The molecule has 6 nitrogen and oxygen atoms in total. The van der Waals surface area contributed by atoms with Crippen molar-refractivity contribution in [2.24, 2.45) is 0 Å². The maximum atomic E-state index is 13.0. The number of halogens is 1. The van der Waals surface area contributed by atoms with Crippen molar-refractivity contribution in [3.63, 3.8) is 0 Å². The van der Waals surface area contributed by atoms with Crippen LogP contribution in [-0.2, 0) is 0 Å². The van der Waals surface area contributed by atoms with Crippen LogP contribution in [0.1, 0.15) is 44.9 Å². The van der Waals surface area contributed by atoms with Gasteiger partial charge in [0.25, 0.3) is 11.8 Å². The maximum Gasteiger partial charge on any atom is 0.253 e. The molecule has 2 aromatic carbocycles. The number of aromatic nitrogens is 2. The molecule has 0 spiro atoms. The van der Waals surface area contributed by atoms with E-state index in [1.165, 1.54) is 0 Å². The number of carbonyl (C=O) groups is 2. The second kappa shape index (κ2) is 8.40. The Morgan fingerprint density at radius 2 is 1.67 bits per heavy atom. The molecule has 7 heteroatoms. The van der Waals surface area contributed by atoms with E-state index in [2.05, 4.69) is 15.3 Å². The summed E-state index contributed by atoms with van der Waals surface area (Å²) < 4.78 is 0. The minimum absolute atomic E-state index is 0.0171. The van der Waals surface area contributed by atoms with E-state index in [0.29, 0.717) is 42.1 Å². The zero-order valence-electron chi connectivity index (χ0n) is 17.0. The third-order valence-electron chi connectivity index (χ3n) is 5.53. The predicted octanol–water partition coefficient (Wildman–Crippen LogP) is 3.93. The normalized spacial score (nSPS) is 14.7. The second-order valence-electron chi connectivity index (χ2n) is 7.65. The molecule has 1 N–H and O–H groups in total. The van der Waals surface area contributed by atoms with E-state index < -0.39 is 0 Å². The van der Waals surface area contributed by atoms with Gasteiger partial charge in [-0.15, -0.1) is 0 Å². The zero-order chi connectivity index (χ0) is 21.3. The van der Waals surface area contributed by atoms with Gasteiger partial charge in [-0.05, 0) is 63.1 Å². The molecule has 0 atom stereocenters. The first-order chi connectivity index (χ1) is 14.4. The van der Waals surface area contributed by atoms with Gasteiger partial charge in [0.1, 0.15) is 0 Å². The summed E-state index contributed by atoms with van der Waals surface area (Å²) in [6.45, 7) is 5.03. The van der Waals surface area contributed by atoms with Gasteiger partial charge in [0.05, 0.1) is 22.4 Å². The molecule has 0 unspecified atom stereocenters. The lowest BCUT2D eigenvalue weighted by Crippen LogP contribution is -2.46. The molecule has 2 amide bonds. The molecule has 0 radical (unpaired) electrons. The van der Waals surface area contributed by atoms with Crippen LogP contribution in [0.3, 0.4) is 0 Å². The number of fused-ring (bicyclic) bond motifs is 1. The summed E-state index contributed by atoms with van der Waals surface area (Å²) in [6.07, 6.45) is 1.42. The van der Waals surface area contributed by atoms with Gasteiger partial charge in [0.15, 0.2) is 0 Å². The molecule has 0 saturated carbocycles. The molecule has 2 heterocycles. The van der Waals surface area contributed by atoms with E-state index in [4.69, 9.17) is 11.6 Å². The van der Waals surface area contributed by atoms with Crippen molar-refractivity contribution in [3.05, 3.63) is 70.0 Å². The number of nitrogens with one attached hydrogen (secondary N) is 1. The van der Waals surface area contributed by atoms with Crippen molar-refractivity contribution < 1.29 is 9.59 Å². The van der Waals surface area contributed by atoms with Crippen molar-refractivity contribution in [1.82, 2.24) is 20.2 Å². The number of nitrogens with zero attached hydrogens (tertiary/aromatic N) is 3. The maximum absolute atomic E-state index is 13.0. The number of amides is 2. The highest BCUT2D eigenvalue weighted by molar-refractivity contribution is 6.30. The van der Waals surface area contributed by atoms with Crippen LogP contribution in [0.25, 0.3) is 11.0 Å². The van der Waals surface area contributed by atoms with Crippen LogP contribution in [0.2, 0.25) is 5.02 Å². The van der Waals surface area contributed by atoms with Crippen molar-refractivity contribution in [3.8, 4) is 0 Å². The topological polar surface area (TPSA) is 75.2 Å². The Balaban J connectivity index is 1.39. The number of carbonyl (C=O) groups excluding carboxylic acids is 2. The largest absolute Gasteiger partial charge is 0.349 e. The monoisotopic (exact) mass is 422 g/mol. The summed E-state index contributed by atoms with van der Waals surface area (Å²) in [7, 11) is 0. The molecule has 0 bridgehead atoms. The molecule has 4 rings (SSSR count). The van der Waals surface area contributed by atoms with Gasteiger partial charge in [-0.1, -0.05) is 17.7 Å². The lowest BCUT2D eigenvalue weighted by atomic mass is 10.0. The minimum Gasteiger partial charge on any atom is -0.349 e. The molecule has 0 aliphatic carbocycles. The van der Waals surface area contributed by atoms with Crippen LogP contribution >= 0.6 is 11.6 Å². The second-order valence-corrected chi connectivity index (χ2v) is 8.08. The Kier molecular flexibility index (Phi) is 5.68. The molecule has 3 aromatic rings. The number of piperidine rings is 1. The average Bonchev–Trinajstić information content (AvgIpc) is 2.74. The smallest absolute Gasteiger partial charge is 0.253 e. The van der Waals surface area contributed by atoms with Crippen LogP contribution < -0.4 is 5.32 Å². The van der Waals surface area contributed by atoms with Crippen molar-refractivity contribution in [2.75, 3.05) is 13.1 Å². The Labute approximate surface area is 180 Å². The van der Waals surface area contributed by atoms with Gasteiger partial charge in [-0.2, -0.15) is 0 Å². The number of hydrogen-bond donors (Lipinski definition) is 1. The van der Waals surface area contributed by atoms with Gasteiger partial charge in [-0.25, -0.2) is 9.97 Å². The van der Waals surface area contributed by atoms with Gasteiger partial charge in [0, 0.05) is 35.3 Å². The van der Waals surface area contributed by atoms with Gasteiger partial charge >= 0.3 is 0 Å². The summed E-state index contributed by atoms with van der Waals surface area (Å²) in [4.78, 5) is 36.3. The number of likely N-dealkylation sites (tertiary alicyclic amines) is 1. The van der Waals surface area contributed by atoms with Gasteiger partial charge in [0.2, 0.25) is 0 Å².